The number of methoxy groups -OCH3 is 1. The number of rotatable bonds is 2. The lowest BCUT2D eigenvalue weighted by Gasteiger charge is -2.04. The van der Waals surface area contributed by atoms with Crippen LogP contribution in [0.3, 0.4) is 0 Å². The van der Waals surface area contributed by atoms with Crippen LogP contribution >= 0.6 is 0 Å². The summed E-state index contributed by atoms with van der Waals surface area (Å²) in [7, 11) is -1.97. The molecule has 1 aromatic rings. The van der Waals surface area contributed by atoms with E-state index in [4.69, 9.17) is 4.74 Å². The highest BCUT2D eigenvalue weighted by Gasteiger charge is 2.13. The van der Waals surface area contributed by atoms with Crippen molar-refractivity contribution in [3.63, 3.8) is 0 Å². The molecule has 0 aliphatic heterocycles. The Morgan fingerprint density at radius 3 is 2.46 bits per heavy atom. The Labute approximate surface area is 76.7 Å². The molecule has 13 heavy (non-hydrogen) atoms. The Kier molecular flexibility index (Phi) is 2.47. The smallest absolute Gasteiger partial charge is 0.179 e. The van der Waals surface area contributed by atoms with Crippen molar-refractivity contribution in [1.82, 2.24) is 0 Å². The first kappa shape index (κ1) is 9.85. The lowest BCUT2D eigenvalue weighted by Crippen LogP contribution is -1.98. The van der Waals surface area contributed by atoms with E-state index >= 15 is 0 Å². The van der Waals surface area contributed by atoms with Gasteiger partial charge in [-0.1, -0.05) is 0 Å². The number of phenols is 1. The van der Waals surface area contributed by atoms with Crippen LogP contribution in [0.1, 0.15) is 0 Å². The van der Waals surface area contributed by atoms with E-state index in [-0.39, 0.29) is 10.6 Å². The van der Waals surface area contributed by atoms with Crippen LogP contribution in [0.2, 0.25) is 0 Å². The van der Waals surface area contributed by atoms with Crippen molar-refractivity contribution in [3.05, 3.63) is 18.2 Å². The summed E-state index contributed by atoms with van der Waals surface area (Å²) in [5, 5.41) is 9.23. The highest BCUT2D eigenvalue weighted by molar-refractivity contribution is 7.90. The molecular formula is C8H10O4S. The van der Waals surface area contributed by atoms with Crippen LogP contribution in [0.15, 0.2) is 23.1 Å². The van der Waals surface area contributed by atoms with E-state index in [0.717, 1.165) is 6.26 Å². The first-order valence-electron chi connectivity index (χ1n) is 3.52. The van der Waals surface area contributed by atoms with Gasteiger partial charge in [0.15, 0.2) is 9.84 Å². The predicted molar refractivity (Wildman–Crippen MR) is 47.8 cm³/mol. The largest absolute Gasteiger partial charge is 0.507 e. The molecule has 0 bridgehead atoms. The Morgan fingerprint density at radius 2 is 2.00 bits per heavy atom. The third-order valence-corrected chi connectivity index (χ3v) is 2.69. The van der Waals surface area contributed by atoms with Gasteiger partial charge in [0.2, 0.25) is 0 Å². The standard InChI is InChI=1S/C8H10O4S/c1-12-6-3-4-7(9)8(5-6)13(2,10)11/h3-5,9H,1-2H3. The summed E-state index contributed by atoms with van der Waals surface area (Å²) >= 11 is 0. The van der Waals surface area contributed by atoms with Gasteiger partial charge in [-0.05, 0) is 12.1 Å². The van der Waals surface area contributed by atoms with Gasteiger partial charge in [-0.2, -0.15) is 0 Å². The molecule has 0 atom stereocenters. The Balaban J connectivity index is 3.36. The van der Waals surface area contributed by atoms with Crippen LogP contribution in [0.25, 0.3) is 0 Å². The number of ether oxygens (including phenoxy) is 1. The molecule has 0 heterocycles. The van der Waals surface area contributed by atoms with Crippen molar-refractivity contribution in [1.29, 1.82) is 0 Å². The zero-order chi connectivity index (χ0) is 10.1. The summed E-state index contributed by atoms with van der Waals surface area (Å²) in [6.07, 6.45) is 1.03. The molecule has 0 spiro atoms. The average molecular weight is 202 g/mol. The second kappa shape index (κ2) is 3.26. The van der Waals surface area contributed by atoms with Gasteiger partial charge in [-0.3, -0.25) is 0 Å². The Bertz CT molecular complexity index is 408. The molecule has 72 valence electrons. The summed E-state index contributed by atoms with van der Waals surface area (Å²) < 4.78 is 27.0. The predicted octanol–water partition coefficient (Wildman–Crippen LogP) is 0.804. The molecule has 0 aromatic heterocycles. The van der Waals surface area contributed by atoms with Gasteiger partial charge in [0, 0.05) is 12.3 Å². The summed E-state index contributed by atoms with van der Waals surface area (Å²) in [5.74, 6) is 0.140. The van der Waals surface area contributed by atoms with Gasteiger partial charge in [-0.15, -0.1) is 0 Å². The van der Waals surface area contributed by atoms with Crippen LogP contribution < -0.4 is 4.74 Å². The lowest BCUT2D eigenvalue weighted by atomic mass is 10.3. The number of hydrogen-bond donors (Lipinski definition) is 1. The molecule has 0 aliphatic carbocycles. The summed E-state index contributed by atoms with van der Waals surface area (Å²) in [6, 6.07) is 4.06. The minimum Gasteiger partial charge on any atom is -0.507 e. The quantitative estimate of drug-likeness (QED) is 0.770. The van der Waals surface area contributed by atoms with Gasteiger partial charge >= 0.3 is 0 Å². The van der Waals surface area contributed by atoms with Gasteiger partial charge in [0.1, 0.15) is 16.4 Å². The number of sulfone groups is 1. The molecule has 0 saturated carbocycles. The first-order valence-corrected chi connectivity index (χ1v) is 5.41. The fraction of sp³-hybridized carbons (Fsp3) is 0.250. The number of benzene rings is 1. The number of hydrogen-bond acceptors (Lipinski definition) is 4. The Morgan fingerprint density at radius 1 is 1.38 bits per heavy atom. The SMILES string of the molecule is COc1ccc(O)c(S(C)(=O)=O)c1. The normalized spacial score (nSPS) is 11.2. The van der Waals surface area contributed by atoms with Gasteiger partial charge in [-0.25, -0.2) is 8.42 Å². The fourth-order valence-corrected chi connectivity index (χ4v) is 1.70. The lowest BCUT2D eigenvalue weighted by molar-refractivity contribution is 0.408. The monoisotopic (exact) mass is 202 g/mol. The molecule has 0 saturated heterocycles. The Hall–Kier alpha value is -1.23. The molecule has 0 amide bonds. The van der Waals surface area contributed by atoms with Gasteiger partial charge in [0.25, 0.3) is 0 Å². The van der Waals surface area contributed by atoms with Crippen LogP contribution in [0.5, 0.6) is 11.5 Å². The van der Waals surface area contributed by atoms with Crippen molar-refractivity contribution < 1.29 is 18.3 Å². The summed E-state index contributed by atoms with van der Waals surface area (Å²) in [5.41, 5.74) is 0. The molecule has 0 fully saturated rings. The van der Waals surface area contributed by atoms with Gasteiger partial charge in [0.05, 0.1) is 7.11 Å². The van der Waals surface area contributed by atoms with Crippen molar-refractivity contribution in [2.45, 2.75) is 4.90 Å². The molecular weight excluding hydrogens is 192 g/mol. The highest BCUT2D eigenvalue weighted by Crippen LogP contribution is 2.26. The molecule has 0 unspecified atom stereocenters. The molecule has 1 aromatic carbocycles. The van der Waals surface area contributed by atoms with E-state index in [9.17, 15) is 13.5 Å². The van der Waals surface area contributed by atoms with E-state index in [0.29, 0.717) is 5.75 Å². The number of aromatic hydroxyl groups is 1. The maximum Gasteiger partial charge on any atom is 0.179 e. The van der Waals surface area contributed by atoms with Crippen molar-refractivity contribution in [2.75, 3.05) is 13.4 Å². The topological polar surface area (TPSA) is 63.6 Å². The molecule has 0 radical (unpaired) electrons. The van der Waals surface area contributed by atoms with E-state index in [2.05, 4.69) is 0 Å². The summed E-state index contributed by atoms with van der Waals surface area (Å²) in [6.45, 7) is 0. The van der Waals surface area contributed by atoms with Crippen molar-refractivity contribution in [3.8, 4) is 11.5 Å². The fourth-order valence-electron chi connectivity index (χ4n) is 0.918. The molecule has 5 heteroatoms. The van der Waals surface area contributed by atoms with E-state index < -0.39 is 9.84 Å². The number of phenolic OH excluding ortho intramolecular Hbond substituents is 1. The van der Waals surface area contributed by atoms with Crippen LogP contribution in [0.4, 0.5) is 0 Å². The van der Waals surface area contributed by atoms with Crippen molar-refractivity contribution >= 4 is 9.84 Å². The maximum absolute atomic E-state index is 11.1. The first-order chi connectivity index (χ1) is 5.95. The zero-order valence-corrected chi connectivity index (χ0v) is 8.13. The summed E-state index contributed by atoms with van der Waals surface area (Å²) in [4.78, 5) is -0.119. The van der Waals surface area contributed by atoms with E-state index in [1.54, 1.807) is 0 Å². The molecule has 1 rings (SSSR count). The molecule has 1 N–H and O–H groups in total. The average Bonchev–Trinajstić information content (AvgIpc) is 2.03. The molecule has 4 nitrogen and oxygen atoms in total. The third kappa shape index (κ3) is 2.12. The highest BCUT2D eigenvalue weighted by atomic mass is 32.2. The van der Waals surface area contributed by atoms with Crippen LogP contribution in [-0.2, 0) is 9.84 Å². The zero-order valence-electron chi connectivity index (χ0n) is 7.31. The maximum atomic E-state index is 11.1. The van der Waals surface area contributed by atoms with E-state index in [1.165, 1.54) is 25.3 Å². The minimum atomic E-state index is -3.40. The molecule has 0 aliphatic rings. The third-order valence-electron chi connectivity index (χ3n) is 1.57. The second-order valence-electron chi connectivity index (χ2n) is 2.61. The van der Waals surface area contributed by atoms with Gasteiger partial charge < -0.3 is 9.84 Å². The van der Waals surface area contributed by atoms with Crippen LogP contribution in [-0.4, -0.2) is 26.9 Å². The van der Waals surface area contributed by atoms with E-state index in [1.807, 2.05) is 0 Å². The second-order valence-corrected chi connectivity index (χ2v) is 4.59. The van der Waals surface area contributed by atoms with Crippen LogP contribution in [0, 0.1) is 0 Å². The minimum absolute atomic E-state index is 0.119. The van der Waals surface area contributed by atoms with Crippen molar-refractivity contribution in [2.24, 2.45) is 0 Å².